The molecule has 1 aromatic carbocycles. The maximum Gasteiger partial charge on any atom is 0.344 e. The van der Waals surface area contributed by atoms with Crippen LogP contribution in [-0.2, 0) is 14.3 Å². The van der Waals surface area contributed by atoms with Gasteiger partial charge in [0.1, 0.15) is 16.4 Å². The molecule has 1 aromatic rings. The summed E-state index contributed by atoms with van der Waals surface area (Å²) in [4.78, 5) is 28.3. The molecular formula is C19H20BrNO6S. The van der Waals surface area contributed by atoms with Crippen molar-refractivity contribution >= 4 is 50.7 Å². The van der Waals surface area contributed by atoms with Crippen LogP contribution >= 0.6 is 27.7 Å². The summed E-state index contributed by atoms with van der Waals surface area (Å²) in [6.45, 7) is 3.46. The van der Waals surface area contributed by atoms with Crippen molar-refractivity contribution in [3.05, 3.63) is 38.4 Å². The Hall–Kier alpha value is -2.26. The van der Waals surface area contributed by atoms with Crippen molar-refractivity contribution in [3.63, 3.8) is 0 Å². The first-order valence-corrected chi connectivity index (χ1v) is 10.0. The lowest BCUT2D eigenvalue weighted by atomic mass is 10.1. The molecule has 1 N–H and O–H groups in total. The van der Waals surface area contributed by atoms with Crippen molar-refractivity contribution in [3.8, 4) is 11.5 Å². The van der Waals surface area contributed by atoms with Crippen LogP contribution in [0.2, 0.25) is 0 Å². The summed E-state index contributed by atoms with van der Waals surface area (Å²) in [6.07, 6.45) is 1.84. The first kappa shape index (κ1) is 22.0. The summed E-state index contributed by atoms with van der Waals surface area (Å²) < 4.78 is 16.3. The molecule has 2 rings (SSSR count). The lowest BCUT2D eigenvalue weighted by Gasteiger charge is -2.10. The van der Waals surface area contributed by atoms with Gasteiger partial charge in [0.25, 0.3) is 0 Å². The van der Waals surface area contributed by atoms with E-state index in [1.807, 2.05) is 0 Å². The molecule has 1 amide bonds. The van der Waals surface area contributed by atoms with Crippen LogP contribution in [0.5, 0.6) is 11.5 Å². The van der Waals surface area contributed by atoms with E-state index in [4.69, 9.17) is 14.2 Å². The number of esters is 1. The van der Waals surface area contributed by atoms with Gasteiger partial charge in [0.05, 0.1) is 30.2 Å². The molecule has 0 saturated heterocycles. The molecule has 0 radical (unpaired) electrons. The maximum atomic E-state index is 12.3. The molecule has 150 valence electrons. The summed E-state index contributed by atoms with van der Waals surface area (Å²) in [5, 5.41) is 10.7. The van der Waals surface area contributed by atoms with Gasteiger partial charge in [0.2, 0.25) is 5.91 Å². The van der Waals surface area contributed by atoms with Gasteiger partial charge in [0.15, 0.2) is 11.5 Å². The molecule has 1 heterocycles. The van der Waals surface area contributed by atoms with Crippen molar-refractivity contribution in [2.75, 3.05) is 20.8 Å². The zero-order valence-electron chi connectivity index (χ0n) is 15.9. The number of aliphatic imine (C=N–C) groups is 1. The number of amides is 1. The fraction of sp³-hybridized carbons (Fsp3) is 0.316. The molecule has 0 saturated carbocycles. The molecular weight excluding hydrogens is 450 g/mol. The average molecular weight is 470 g/mol. The highest BCUT2D eigenvalue weighted by Gasteiger charge is 2.33. The van der Waals surface area contributed by atoms with Crippen molar-refractivity contribution in [2.45, 2.75) is 20.3 Å². The number of hydrogen-bond acceptors (Lipinski definition) is 7. The number of hydrogen-bond donors (Lipinski definition) is 1. The van der Waals surface area contributed by atoms with Gasteiger partial charge in [-0.05, 0) is 46.6 Å². The third-order valence-corrected chi connectivity index (χ3v) is 5.26. The Morgan fingerprint density at radius 2 is 1.96 bits per heavy atom. The molecule has 1 aliphatic rings. The van der Waals surface area contributed by atoms with Crippen LogP contribution in [0.3, 0.4) is 0 Å². The fourth-order valence-electron chi connectivity index (χ4n) is 2.36. The minimum absolute atomic E-state index is 0.112. The van der Waals surface area contributed by atoms with Crippen LogP contribution in [0.1, 0.15) is 25.8 Å². The second-order valence-corrected chi connectivity index (χ2v) is 7.34. The van der Waals surface area contributed by atoms with Crippen LogP contribution in [0.15, 0.2) is 37.8 Å². The Bertz CT molecular complexity index is 891. The molecule has 28 heavy (non-hydrogen) atoms. The third kappa shape index (κ3) is 4.77. The first-order chi connectivity index (χ1) is 13.4. The largest absolute Gasteiger partial charge is 0.506 e. The van der Waals surface area contributed by atoms with Crippen LogP contribution in [0.25, 0.3) is 6.08 Å². The lowest BCUT2D eigenvalue weighted by Crippen LogP contribution is -2.14. The SMILES string of the molecule is CCOC(=O)C1=C(O)/C(=C/c2cc(Br)c(OC)c(OC)c2)SC1=NC(=O)CC. The molecule has 0 aromatic heterocycles. The Kier molecular flexibility index (Phi) is 7.70. The lowest BCUT2D eigenvalue weighted by molar-refractivity contribution is -0.138. The number of nitrogens with zero attached hydrogens (tertiary/aromatic N) is 1. The number of thioether (sulfide) groups is 1. The molecule has 7 nitrogen and oxygen atoms in total. The van der Waals surface area contributed by atoms with E-state index in [-0.39, 0.29) is 29.4 Å². The van der Waals surface area contributed by atoms with Gasteiger partial charge in [0, 0.05) is 6.42 Å². The first-order valence-electron chi connectivity index (χ1n) is 8.39. The summed E-state index contributed by atoms with van der Waals surface area (Å²) in [5.74, 6) is -0.376. The summed E-state index contributed by atoms with van der Waals surface area (Å²) in [5.41, 5.74) is 0.573. The number of carbonyl (C=O) groups is 2. The zero-order valence-corrected chi connectivity index (χ0v) is 18.3. The molecule has 0 spiro atoms. The third-order valence-electron chi connectivity index (χ3n) is 3.65. The number of halogens is 1. The highest BCUT2D eigenvalue weighted by molar-refractivity contribution is 9.10. The van der Waals surface area contributed by atoms with Gasteiger partial charge in [-0.15, -0.1) is 0 Å². The number of methoxy groups -OCH3 is 2. The minimum Gasteiger partial charge on any atom is -0.506 e. The molecule has 0 bridgehead atoms. The maximum absolute atomic E-state index is 12.3. The van der Waals surface area contributed by atoms with Crippen molar-refractivity contribution in [2.24, 2.45) is 4.99 Å². The molecule has 0 unspecified atom stereocenters. The zero-order chi connectivity index (χ0) is 20.8. The van der Waals surface area contributed by atoms with Crippen LogP contribution in [0.4, 0.5) is 0 Å². The smallest absolute Gasteiger partial charge is 0.344 e. The van der Waals surface area contributed by atoms with Crippen molar-refractivity contribution < 1.29 is 28.9 Å². The van der Waals surface area contributed by atoms with Gasteiger partial charge < -0.3 is 19.3 Å². The van der Waals surface area contributed by atoms with Gasteiger partial charge in [-0.2, -0.15) is 0 Å². The molecule has 1 aliphatic heterocycles. The Morgan fingerprint density at radius 3 is 2.54 bits per heavy atom. The van der Waals surface area contributed by atoms with E-state index in [2.05, 4.69) is 20.9 Å². The van der Waals surface area contributed by atoms with Gasteiger partial charge in [-0.1, -0.05) is 18.7 Å². The number of ether oxygens (including phenoxy) is 3. The van der Waals surface area contributed by atoms with E-state index in [0.717, 1.165) is 11.8 Å². The van der Waals surface area contributed by atoms with Gasteiger partial charge >= 0.3 is 5.97 Å². The molecule has 0 fully saturated rings. The standard InChI is InChI=1S/C19H20BrNO6S/c1-5-14(22)21-18-15(19(24)27-6-2)16(23)13(28-18)9-10-7-11(20)17(26-4)12(8-10)25-3/h7-9,23H,5-6H2,1-4H3/b13-9-,21-18?. The summed E-state index contributed by atoms with van der Waals surface area (Å²) >= 11 is 4.44. The summed E-state index contributed by atoms with van der Waals surface area (Å²) in [7, 11) is 3.05. The van der Waals surface area contributed by atoms with Gasteiger partial charge in [-0.3, -0.25) is 4.79 Å². The van der Waals surface area contributed by atoms with E-state index in [1.54, 1.807) is 32.1 Å². The van der Waals surface area contributed by atoms with Crippen molar-refractivity contribution in [1.29, 1.82) is 0 Å². The fourth-order valence-corrected chi connectivity index (χ4v) is 4.01. The number of carbonyl (C=O) groups excluding carboxylic acids is 2. The predicted octanol–water partition coefficient (Wildman–Crippen LogP) is 4.26. The van der Waals surface area contributed by atoms with E-state index >= 15 is 0 Å². The number of aliphatic hydroxyl groups is 1. The van der Waals surface area contributed by atoms with E-state index in [0.29, 0.717) is 26.4 Å². The van der Waals surface area contributed by atoms with E-state index < -0.39 is 11.9 Å². The topological polar surface area (TPSA) is 94.4 Å². The molecule has 0 atom stereocenters. The van der Waals surface area contributed by atoms with E-state index in [1.165, 1.54) is 14.2 Å². The number of rotatable bonds is 6. The van der Waals surface area contributed by atoms with Crippen LogP contribution in [-0.4, -0.2) is 42.9 Å². The second kappa shape index (κ2) is 9.79. The highest BCUT2D eigenvalue weighted by atomic mass is 79.9. The van der Waals surface area contributed by atoms with E-state index in [9.17, 15) is 14.7 Å². The minimum atomic E-state index is -0.730. The Labute approximate surface area is 175 Å². The van der Waals surface area contributed by atoms with Gasteiger partial charge in [-0.25, -0.2) is 9.79 Å². The molecule has 9 heteroatoms. The van der Waals surface area contributed by atoms with Crippen LogP contribution in [0, 0.1) is 0 Å². The Balaban J connectivity index is 2.54. The predicted molar refractivity (Wildman–Crippen MR) is 112 cm³/mol. The highest BCUT2D eigenvalue weighted by Crippen LogP contribution is 2.41. The molecule has 0 aliphatic carbocycles. The summed E-state index contributed by atoms with van der Waals surface area (Å²) in [6, 6.07) is 3.50. The monoisotopic (exact) mass is 469 g/mol. The number of benzene rings is 1. The van der Waals surface area contributed by atoms with Crippen molar-refractivity contribution in [1.82, 2.24) is 0 Å². The number of aliphatic hydroxyl groups excluding tert-OH is 1. The average Bonchev–Trinajstić information content (AvgIpc) is 2.96. The normalized spacial score (nSPS) is 16.6. The Morgan fingerprint density at radius 1 is 1.25 bits per heavy atom. The quantitative estimate of drug-likeness (QED) is 0.621. The van der Waals surface area contributed by atoms with Crippen LogP contribution < -0.4 is 9.47 Å². The second-order valence-electron chi connectivity index (χ2n) is 5.46.